The maximum Gasteiger partial charge on any atom is 0.347 e. The molecule has 2 rings (SSSR count). The number of ether oxygens (including phenoxy) is 2. The number of nitrogens with zero attached hydrogens (tertiary/aromatic N) is 2. The minimum absolute atomic E-state index is 0.00236. The molecule has 0 atom stereocenters. The molecule has 8 nitrogen and oxygen atoms in total. The van der Waals surface area contributed by atoms with Crippen LogP contribution in [0.2, 0.25) is 0 Å². The summed E-state index contributed by atoms with van der Waals surface area (Å²) in [6, 6.07) is 12.9. The van der Waals surface area contributed by atoms with Crippen molar-refractivity contribution >= 4 is 17.9 Å². The Kier molecular flexibility index (Phi) is 6.47. The van der Waals surface area contributed by atoms with Crippen LogP contribution in [0.25, 0.3) is 0 Å². The first-order chi connectivity index (χ1) is 12.1. The van der Waals surface area contributed by atoms with Crippen LogP contribution < -0.4 is 4.74 Å². The molecule has 0 unspecified atom stereocenters. The summed E-state index contributed by atoms with van der Waals surface area (Å²) in [4.78, 5) is 26.5. The van der Waals surface area contributed by atoms with E-state index in [0.717, 1.165) is 11.3 Å². The molecular formula is C17H16N2O6. The molecule has 130 valence electrons. The zero-order valence-corrected chi connectivity index (χ0v) is 13.5. The molecule has 0 radical (unpaired) electrons. The molecule has 0 aliphatic heterocycles. The summed E-state index contributed by atoms with van der Waals surface area (Å²) >= 11 is 0. The number of methoxy groups -OCH3 is 1. The third kappa shape index (κ3) is 5.94. The fraction of sp³-hybridized carbons (Fsp3) is 0.176. The van der Waals surface area contributed by atoms with Gasteiger partial charge >= 0.3 is 5.97 Å². The quantitative estimate of drug-likeness (QED) is 0.316. The van der Waals surface area contributed by atoms with E-state index in [9.17, 15) is 14.9 Å². The summed E-state index contributed by atoms with van der Waals surface area (Å²) < 4.78 is 10.0. The number of carbonyl (C=O) groups is 1. The smallest absolute Gasteiger partial charge is 0.347 e. The van der Waals surface area contributed by atoms with Gasteiger partial charge in [-0.2, -0.15) is 0 Å². The topological polar surface area (TPSA) is 100 Å². The molecule has 0 bridgehead atoms. The lowest BCUT2D eigenvalue weighted by Gasteiger charge is -2.04. The van der Waals surface area contributed by atoms with Gasteiger partial charge in [-0.3, -0.25) is 10.1 Å². The van der Waals surface area contributed by atoms with Crippen molar-refractivity contribution in [3.05, 3.63) is 69.8 Å². The number of esters is 1. The first-order valence-corrected chi connectivity index (χ1v) is 7.27. The molecule has 0 spiro atoms. The number of nitro benzene ring substituents is 1. The van der Waals surface area contributed by atoms with Crippen LogP contribution in [0.3, 0.4) is 0 Å². The lowest BCUT2D eigenvalue weighted by Crippen LogP contribution is -2.10. The maximum atomic E-state index is 11.5. The molecule has 0 heterocycles. The predicted molar refractivity (Wildman–Crippen MR) is 89.4 cm³/mol. The minimum atomic E-state index is -0.592. The zero-order chi connectivity index (χ0) is 18.1. The molecule has 0 aliphatic rings. The van der Waals surface area contributed by atoms with Crippen molar-refractivity contribution in [3.63, 3.8) is 0 Å². The van der Waals surface area contributed by atoms with Crippen molar-refractivity contribution in [2.24, 2.45) is 5.16 Å². The van der Waals surface area contributed by atoms with Gasteiger partial charge in [0, 0.05) is 12.1 Å². The Bertz CT molecular complexity index is 741. The van der Waals surface area contributed by atoms with Crippen LogP contribution in [0.15, 0.2) is 53.7 Å². The molecule has 0 aliphatic carbocycles. The highest BCUT2D eigenvalue weighted by Gasteiger charge is 2.06. The van der Waals surface area contributed by atoms with Gasteiger partial charge in [-0.1, -0.05) is 5.16 Å². The molecule has 2 aromatic carbocycles. The number of non-ortho nitro benzene ring substituents is 1. The van der Waals surface area contributed by atoms with Gasteiger partial charge in [0.1, 0.15) is 12.4 Å². The van der Waals surface area contributed by atoms with E-state index in [1.165, 1.54) is 30.5 Å². The number of hydrogen-bond donors (Lipinski definition) is 0. The molecule has 0 aromatic heterocycles. The molecule has 0 N–H and O–H groups in total. The average molecular weight is 344 g/mol. The molecule has 8 heteroatoms. The van der Waals surface area contributed by atoms with Gasteiger partial charge in [0.05, 0.1) is 18.2 Å². The highest BCUT2D eigenvalue weighted by molar-refractivity contribution is 5.79. The molecule has 2 aromatic rings. The van der Waals surface area contributed by atoms with Gasteiger partial charge in [-0.15, -0.1) is 0 Å². The number of oxime groups is 1. The molecule has 0 saturated heterocycles. The van der Waals surface area contributed by atoms with E-state index >= 15 is 0 Å². The van der Waals surface area contributed by atoms with Gasteiger partial charge in [0.2, 0.25) is 6.61 Å². The van der Waals surface area contributed by atoms with Gasteiger partial charge < -0.3 is 14.3 Å². The number of nitro groups is 1. The molecular weight excluding hydrogens is 328 g/mol. The SMILES string of the molecule is COc1ccc(/C=N\OCC(=O)OCc2ccc([N+](=O)[O-])cc2)cc1. The lowest BCUT2D eigenvalue weighted by molar-refractivity contribution is -0.384. The molecule has 0 saturated carbocycles. The molecule has 0 amide bonds. The van der Waals surface area contributed by atoms with E-state index in [0.29, 0.717) is 5.56 Å². The van der Waals surface area contributed by atoms with Crippen LogP contribution in [0.1, 0.15) is 11.1 Å². The first kappa shape index (κ1) is 17.9. The average Bonchev–Trinajstić information content (AvgIpc) is 2.64. The largest absolute Gasteiger partial charge is 0.497 e. The number of rotatable bonds is 8. The van der Waals surface area contributed by atoms with Gasteiger partial charge in [-0.05, 0) is 47.5 Å². The van der Waals surface area contributed by atoms with Crippen molar-refractivity contribution in [2.75, 3.05) is 13.7 Å². The van der Waals surface area contributed by atoms with Crippen molar-refractivity contribution in [2.45, 2.75) is 6.61 Å². The van der Waals surface area contributed by atoms with Crippen molar-refractivity contribution in [3.8, 4) is 5.75 Å². The van der Waals surface area contributed by atoms with Crippen LogP contribution in [-0.4, -0.2) is 30.8 Å². The Labute approximate surface area is 143 Å². The maximum absolute atomic E-state index is 11.5. The lowest BCUT2D eigenvalue weighted by atomic mass is 10.2. The van der Waals surface area contributed by atoms with E-state index in [-0.39, 0.29) is 18.9 Å². The van der Waals surface area contributed by atoms with Gasteiger partial charge in [0.15, 0.2) is 0 Å². The fourth-order valence-electron chi connectivity index (χ4n) is 1.80. The van der Waals surface area contributed by atoms with Crippen molar-refractivity contribution in [1.82, 2.24) is 0 Å². The zero-order valence-electron chi connectivity index (χ0n) is 13.5. The third-order valence-electron chi connectivity index (χ3n) is 3.12. The third-order valence-corrected chi connectivity index (χ3v) is 3.12. The second-order valence-corrected chi connectivity index (χ2v) is 4.87. The molecule has 25 heavy (non-hydrogen) atoms. The number of carbonyl (C=O) groups excluding carboxylic acids is 1. The normalized spacial score (nSPS) is 10.4. The van der Waals surface area contributed by atoms with Crippen molar-refractivity contribution < 1.29 is 24.0 Å². The van der Waals surface area contributed by atoms with E-state index in [4.69, 9.17) is 14.3 Å². The predicted octanol–water partition coefficient (Wildman–Crippen LogP) is 2.70. The highest BCUT2D eigenvalue weighted by Crippen LogP contribution is 2.12. The van der Waals surface area contributed by atoms with E-state index < -0.39 is 10.9 Å². The van der Waals surface area contributed by atoms with Crippen LogP contribution >= 0.6 is 0 Å². The van der Waals surface area contributed by atoms with Crippen LogP contribution in [0, 0.1) is 10.1 Å². The number of benzene rings is 2. The Morgan fingerprint density at radius 2 is 1.84 bits per heavy atom. The Hall–Kier alpha value is -3.42. The summed E-state index contributed by atoms with van der Waals surface area (Å²) in [5.41, 5.74) is 1.41. The fourth-order valence-corrected chi connectivity index (χ4v) is 1.80. The summed E-state index contributed by atoms with van der Waals surface area (Å²) in [5.74, 6) is 0.137. The standard InChI is InChI=1S/C17H16N2O6/c1-23-16-8-4-13(5-9-16)10-18-25-12-17(20)24-11-14-2-6-15(7-3-14)19(21)22/h2-10H,11-12H2,1H3/b18-10-. The summed E-state index contributed by atoms with van der Waals surface area (Å²) in [6.45, 7) is -0.331. The van der Waals surface area contributed by atoms with E-state index in [2.05, 4.69) is 5.16 Å². The summed E-state index contributed by atoms with van der Waals surface area (Å²) in [5, 5.41) is 14.2. The van der Waals surface area contributed by atoms with Crippen molar-refractivity contribution in [1.29, 1.82) is 0 Å². The van der Waals surface area contributed by atoms with E-state index in [1.807, 2.05) is 0 Å². The monoisotopic (exact) mass is 344 g/mol. The Morgan fingerprint density at radius 3 is 2.44 bits per heavy atom. The van der Waals surface area contributed by atoms with Crippen LogP contribution in [0.4, 0.5) is 5.69 Å². The Balaban J connectivity index is 1.71. The second-order valence-electron chi connectivity index (χ2n) is 4.87. The molecule has 0 fully saturated rings. The summed E-state index contributed by atoms with van der Waals surface area (Å²) in [7, 11) is 1.58. The second kappa shape index (κ2) is 9.02. The van der Waals surface area contributed by atoms with Crippen LogP contribution in [-0.2, 0) is 21.0 Å². The van der Waals surface area contributed by atoms with Crippen LogP contribution in [0.5, 0.6) is 5.75 Å². The Morgan fingerprint density at radius 1 is 1.16 bits per heavy atom. The highest BCUT2D eigenvalue weighted by atomic mass is 16.7. The van der Waals surface area contributed by atoms with Gasteiger partial charge in [0.25, 0.3) is 5.69 Å². The minimum Gasteiger partial charge on any atom is -0.497 e. The first-order valence-electron chi connectivity index (χ1n) is 7.27. The summed E-state index contributed by atoms with van der Waals surface area (Å²) in [6.07, 6.45) is 1.46. The van der Waals surface area contributed by atoms with Gasteiger partial charge in [-0.25, -0.2) is 4.79 Å². The number of hydrogen-bond acceptors (Lipinski definition) is 7. The van der Waals surface area contributed by atoms with E-state index in [1.54, 1.807) is 31.4 Å².